The Kier molecular flexibility index (Phi) is 5.05. The average molecular weight is 412 g/mol. The molecule has 6 heteroatoms. The molecule has 0 radical (unpaired) electrons. The summed E-state index contributed by atoms with van der Waals surface area (Å²) in [6.07, 6.45) is 2.20. The highest BCUT2D eigenvalue weighted by Crippen LogP contribution is 2.56. The van der Waals surface area contributed by atoms with Crippen molar-refractivity contribution in [1.82, 2.24) is 4.90 Å². The minimum atomic E-state index is -0.904. The molecule has 1 N–H and O–H groups in total. The highest BCUT2D eigenvalue weighted by Gasteiger charge is 2.56. The molecule has 1 aliphatic carbocycles. The molecule has 3 atom stereocenters. The molecule has 148 valence electrons. The van der Waals surface area contributed by atoms with Gasteiger partial charge in [0.25, 0.3) is 5.91 Å². The Labute approximate surface area is 170 Å². The quantitative estimate of drug-likeness (QED) is 0.712. The lowest BCUT2D eigenvalue weighted by atomic mass is 9.53. The number of aliphatic carboxylic acids is 1. The van der Waals surface area contributed by atoms with E-state index >= 15 is 0 Å². The maximum Gasteiger partial charge on any atom is 0.309 e. The van der Waals surface area contributed by atoms with Crippen LogP contribution in [-0.2, 0) is 10.2 Å². The van der Waals surface area contributed by atoms with Crippen LogP contribution in [0.3, 0.4) is 0 Å². The molecule has 1 amide bonds. The van der Waals surface area contributed by atoms with E-state index in [1.165, 1.54) is 0 Å². The number of carboxylic acids is 1. The molecule has 27 heavy (non-hydrogen) atoms. The molecule has 0 bridgehead atoms. The number of carbonyl (C=O) groups excluding carboxylic acids is 1. The van der Waals surface area contributed by atoms with E-state index in [1.807, 2.05) is 26.8 Å². The van der Waals surface area contributed by atoms with E-state index in [-0.39, 0.29) is 17.7 Å². The van der Waals surface area contributed by atoms with Crippen LogP contribution in [0.15, 0.2) is 6.07 Å². The number of fused-ring (bicyclic) bond motifs is 3. The van der Waals surface area contributed by atoms with E-state index in [1.54, 1.807) is 11.9 Å². The SMILES string of the molecule is CC(C)c1c(Cl)cc2c(c1Cl)C(=O)N(C)C[C@H]1[C@](C)(C(=O)O)CCC[C@]21C. The van der Waals surface area contributed by atoms with Crippen LogP contribution in [0.2, 0.25) is 10.0 Å². The topological polar surface area (TPSA) is 57.6 Å². The summed E-state index contributed by atoms with van der Waals surface area (Å²) in [6.45, 7) is 8.27. The lowest BCUT2D eigenvalue weighted by molar-refractivity contribution is -0.157. The lowest BCUT2D eigenvalue weighted by Crippen LogP contribution is -2.53. The Morgan fingerprint density at radius 2 is 1.93 bits per heavy atom. The molecular weight excluding hydrogens is 385 g/mol. The van der Waals surface area contributed by atoms with Gasteiger partial charge in [-0.15, -0.1) is 0 Å². The van der Waals surface area contributed by atoms with Crippen LogP contribution in [0.4, 0.5) is 0 Å². The first kappa shape index (κ1) is 20.5. The molecule has 0 saturated heterocycles. The van der Waals surface area contributed by atoms with Crippen LogP contribution in [0.1, 0.15) is 74.4 Å². The third-order valence-corrected chi connectivity index (χ3v) is 7.59. The van der Waals surface area contributed by atoms with E-state index in [0.717, 1.165) is 24.0 Å². The van der Waals surface area contributed by atoms with E-state index < -0.39 is 16.8 Å². The zero-order chi connectivity index (χ0) is 20.3. The van der Waals surface area contributed by atoms with Gasteiger partial charge >= 0.3 is 5.97 Å². The van der Waals surface area contributed by atoms with Gasteiger partial charge in [-0.2, -0.15) is 0 Å². The number of nitrogens with zero attached hydrogens (tertiary/aromatic N) is 1. The summed E-state index contributed by atoms with van der Waals surface area (Å²) in [5, 5.41) is 11.0. The minimum absolute atomic E-state index is 0.0795. The minimum Gasteiger partial charge on any atom is -0.481 e. The number of carbonyl (C=O) groups is 2. The maximum atomic E-state index is 13.3. The molecule has 0 aromatic heterocycles. The van der Waals surface area contributed by atoms with Gasteiger partial charge in [0, 0.05) is 24.5 Å². The zero-order valence-electron chi connectivity index (χ0n) is 16.5. The number of halogens is 2. The van der Waals surface area contributed by atoms with E-state index in [2.05, 4.69) is 6.92 Å². The van der Waals surface area contributed by atoms with E-state index in [0.29, 0.717) is 28.6 Å². The highest BCUT2D eigenvalue weighted by molar-refractivity contribution is 6.38. The molecule has 4 nitrogen and oxygen atoms in total. The predicted molar refractivity (Wildman–Crippen MR) is 108 cm³/mol. The highest BCUT2D eigenvalue weighted by atomic mass is 35.5. The molecule has 1 aliphatic heterocycles. The van der Waals surface area contributed by atoms with Crippen molar-refractivity contribution in [3.63, 3.8) is 0 Å². The summed E-state index contributed by atoms with van der Waals surface area (Å²) >= 11 is 13.3. The fourth-order valence-corrected chi connectivity index (χ4v) is 6.20. The van der Waals surface area contributed by atoms with Gasteiger partial charge in [-0.05, 0) is 48.3 Å². The van der Waals surface area contributed by atoms with Crippen molar-refractivity contribution in [2.45, 2.75) is 58.3 Å². The molecule has 3 rings (SSSR count). The standard InChI is InChI=1S/C21H27Cl2NO3/c1-11(2)15-13(22)9-12-16(17(15)23)18(25)24(5)10-14-20(12,3)7-6-8-21(14,4)19(26)27/h9,11,14H,6-8,10H2,1-5H3,(H,26,27)/t14-,20-,21-/m1/s1. The number of benzene rings is 1. The van der Waals surface area contributed by atoms with Gasteiger partial charge < -0.3 is 10.0 Å². The molecule has 2 aliphatic rings. The second kappa shape index (κ2) is 6.66. The fraction of sp³-hybridized carbons (Fsp3) is 0.619. The van der Waals surface area contributed by atoms with Crippen molar-refractivity contribution in [3.8, 4) is 0 Å². The Balaban J connectivity index is 2.35. The Morgan fingerprint density at radius 3 is 2.48 bits per heavy atom. The smallest absolute Gasteiger partial charge is 0.309 e. The summed E-state index contributed by atoms with van der Waals surface area (Å²) in [4.78, 5) is 27.1. The molecule has 0 spiro atoms. The maximum absolute atomic E-state index is 13.3. The summed E-state index contributed by atoms with van der Waals surface area (Å²) in [5.74, 6) is -1.10. The van der Waals surface area contributed by atoms with Gasteiger partial charge in [0.2, 0.25) is 0 Å². The van der Waals surface area contributed by atoms with Crippen molar-refractivity contribution in [2.24, 2.45) is 11.3 Å². The number of hydrogen-bond donors (Lipinski definition) is 1. The summed E-state index contributed by atoms with van der Waals surface area (Å²) in [6, 6.07) is 1.87. The van der Waals surface area contributed by atoms with Gasteiger partial charge in [-0.25, -0.2) is 0 Å². The first-order valence-corrected chi connectivity index (χ1v) is 10.2. The molecule has 1 heterocycles. The Bertz CT molecular complexity index is 822. The van der Waals surface area contributed by atoms with Crippen molar-refractivity contribution in [1.29, 1.82) is 0 Å². The summed E-state index contributed by atoms with van der Waals surface area (Å²) in [5.41, 5.74) is 0.681. The largest absolute Gasteiger partial charge is 0.481 e. The second-order valence-electron chi connectivity index (χ2n) is 8.90. The van der Waals surface area contributed by atoms with Crippen molar-refractivity contribution < 1.29 is 14.7 Å². The number of hydrogen-bond acceptors (Lipinski definition) is 2. The van der Waals surface area contributed by atoms with Crippen LogP contribution in [0, 0.1) is 11.3 Å². The average Bonchev–Trinajstić information content (AvgIpc) is 2.64. The van der Waals surface area contributed by atoms with Crippen LogP contribution in [-0.4, -0.2) is 35.5 Å². The van der Waals surface area contributed by atoms with Crippen LogP contribution < -0.4 is 0 Å². The molecule has 1 fully saturated rings. The number of rotatable bonds is 2. The van der Waals surface area contributed by atoms with Gasteiger partial charge in [0.15, 0.2) is 0 Å². The monoisotopic (exact) mass is 411 g/mol. The van der Waals surface area contributed by atoms with Crippen molar-refractivity contribution in [2.75, 3.05) is 13.6 Å². The van der Waals surface area contributed by atoms with E-state index in [9.17, 15) is 14.7 Å². The van der Waals surface area contributed by atoms with Crippen LogP contribution in [0.25, 0.3) is 0 Å². The van der Waals surface area contributed by atoms with Gasteiger partial charge in [-0.3, -0.25) is 9.59 Å². The zero-order valence-corrected chi connectivity index (χ0v) is 18.0. The Hall–Kier alpha value is -1.26. The molecule has 1 aromatic rings. The van der Waals surface area contributed by atoms with Crippen molar-refractivity contribution >= 4 is 35.1 Å². The molecular formula is C21H27Cl2NO3. The van der Waals surface area contributed by atoms with Gasteiger partial charge in [0.1, 0.15) is 0 Å². The van der Waals surface area contributed by atoms with Gasteiger partial charge in [-0.1, -0.05) is 50.4 Å². The third kappa shape index (κ3) is 2.87. The number of carboxylic acid groups (broad SMARTS) is 1. The molecule has 0 unspecified atom stereocenters. The van der Waals surface area contributed by atoms with Crippen LogP contribution >= 0.6 is 23.2 Å². The molecule has 1 aromatic carbocycles. The van der Waals surface area contributed by atoms with Crippen LogP contribution in [0.5, 0.6) is 0 Å². The second-order valence-corrected chi connectivity index (χ2v) is 9.68. The van der Waals surface area contributed by atoms with E-state index in [4.69, 9.17) is 23.2 Å². The first-order valence-electron chi connectivity index (χ1n) is 9.46. The normalized spacial score (nSPS) is 30.7. The number of amides is 1. The summed E-state index contributed by atoms with van der Waals surface area (Å²) < 4.78 is 0. The Morgan fingerprint density at radius 1 is 1.30 bits per heavy atom. The fourth-order valence-electron chi connectivity index (χ4n) is 5.23. The summed E-state index contributed by atoms with van der Waals surface area (Å²) in [7, 11) is 1.73. The predicted octanol–water partition coefficient (Wildman–Crippen LogP) is 5.35. The van der Waals surface area contributed by atoms with Gasteiger partial charge in [0.05, 0.1) is 16.0 Å². The first-order chi connectivity index (χ1) is 12.4. The molecule has 1 saturated carbocycles. The lowest BCUT2D eigenvalue weighted by Gasteiger charge is -2.50. The third-order valence-electron chi connectivity index (χ3n) is 6.88. The van der Waals surface area contributed by atoms with Crippen molar-refractivity contribution in [3.05, 3.63) is 32.8 Å².